The fourth-order valence-corrected chi connectivity index (χ4v) is 2.41. The van der Waals surface area contributed by atoms with Crippen molar-refractivity contribution in [2.75, 3.05) is 19.0 Å². The summed E-state index contributed by atoms with van der Waals surface area (Å²) in [5.41, 5.74) is -0.358. The lowest BCUT2D eigenvalue weighted by Gasteiger charge is -2.12. The van der Waals surface area contributed by atoms with Gasteiger partial charge in [-0.2, -0.15) is 14.0 Å². The van der Waals surface area contributed by atoms with Gasteiger partial charge in [0.05, 0.1) is 30.6 Å². The maximum Gasteiger partial charge on any atom is 0.387 e. The van der Waals surface area contributed by atoms with Gasteiger partial charge in [-0.25, -0.2) is 4.79 Å². The van der Waals surface area contributed by atoms with Gasteiger partial charge in [0.25, 0.3) is 11.6 Å². The van der Waals surface area contributed by atoms with E-state index in [9.17, 15) is 28.5 Å². The lowest BCUT2D eigenvalue weighted by Crippen LogP contribution is -2.21. The Hall–Kier alpha value is -4.27. The third-order valence-corrected chi connectivity index (χ3v) is 3.77. The summed E-state index contributed by atoms with van der Waals surface area (Å²) in [5.74, 6) is -2.97. The molecule has 0 atom stereocenters. The van der Waals surface area contributed by atoms with Crippen molar-refractivity contribution in [3.63, 3.8) is 0 Å². The molecule has 0 unspecified atom stereocenters. The molecule has 0 bridgehead atoms. The van der Waals surface area contributed by atoms with Crippen LogP contribution in [-0.4, -0.2) is 37.1 Å². The number of anilines is 1. The molecule has 0 aliphatic rings. The fourth-order valence-electron chi connectivity index (χ4n) is 2.41. The van der Waals surface area contributed by atoms with Gasteiger partial charge in [0.15, 0.2) is 18.1 Å². The van der Waals surface area contributed by atoms with Crippen molar-refractivity contribution >= 4 is 23.3 Å². The maximum absolute atomic E-state index is 12.5. The number of halogens is 2. The molecule has 0 aliphatic carbocycles. The van der Waals surface area contributed by atoms with Crippen LogP contribution < -0.4 is 14.8 Å². The number of carbonyl (C=O) groups is 2. The van der Waals surface area contributed by atoms with E-state index in [0.717, 1.165) is 18.7 Å². The summed E-state index contributed by atoms with van der Waals surface area (Å²) in [6, 6.07) is 9.74. The number of nitrogens with one attached hydrogen (secondary N) is 1. The molecule has 1 N–H and O–H groups in total. The molecule has 12 heteroatoms. The largest absolute Gasteiger partial charge is 0.493 e. The summed E-state index contributed by atoms with van der Waals surface area (Å²) in [6.07, 6.45) is 0.204. The molecule has 0 saturated carbocycles. The van der Waals surface area contributed by atoms with Gasteiger partial charge < -0.3 is 19.5 Å². The van der Waals surface area contributed by atoms with Gasteiger partial charge in [-0.3, -0.25) is 14.9 Å². The lowest BCUT2D eigenvalue weighted by atomic mass is 10.1. The molecule has 2 aromatic rings. The van der Waals surface area contributed by atoms with Crippen LogP contribution in [0.5, 0.6) is 11.5 Å². The lowest BCUT2D eigenvalue weighted by molar-refractivity contribution is -0.385. The van der Waals surface area contributed by atoms with Crippen LogP contribution in [0, 0.1) is 21.4 Å². The molecular formula is C19H15F2N3O7. The van der Waals surface area contributed by atoms with E-state index in [0.29, 0.717) is 11.8 Å². The van der Waals surface area contributed by atoms with Gasteiger partial charge in [-0.15, -0.1) is 0 Å². The van der Waals surface area contributed by atoms with Gasteiger partial charge in [0, 0.05) is 11.8 Å². The van der Waals surface area contributed by atoms with Crippen molar-refractivity contribution in [1.29, 1.82) is 5.26 Å². The third kappa shape index (κ3) is 6.36. The number of methoxy groups -OCH3 is 1. The second kappa shape index (κ2) is 10.5. The Morgan fingerprint density at radius 1 is 1.23 bits per heavy atom. The summed E-state index contributed by atoms with van der Waals surface area (Å²) in [5, 5.41) is 22.3. The predicted molar refractivity (Wildman–Crippen MR) is 101 cm³/mol. The zero-order valence-electron chi connectivity index (χ0n) is 16.0. The van der Waals surface area contributed by atoms with Crippen molar-refractivity contribution < 1.29 is 37.5 Å². The van der Waals surface area contributed by atoms with E-state index in [4.69, 9.17) is 14.7 Å². The Bertz CT molecular complexity index is 1020. The average molecular weight is 435 g/mol. The number of benzene rings is 2. The number of hydrogen-bond acceptors (Lipinski definition) is 8. The van der Waals surface area contributed by atoms with E-state index in [2.05, 4.69) is 10.1 Å². The van der Waals surface area contributed by atoms with E-state index >= 15 is 0 Å². The minimum absolute atomic E-state index is 0.204. The molecule has 0 saturated heterocycles. The predicted octanol–water partition coefficient (Wildman–Crippen LogP) is 3.07. The van der Waals surface area contributed by atoms with Gasteiger partial charge in [0.1, 0.15) is 5.56 Å². The first-order valence-corrected chi connectivity index (χ1v) is 8.49. The van der Waals surface area contributed by atoms with E-state index in [1.807, 2.05) is 6.07 Å². The van der Waals surface area contributed by atoms with Crippen molar-refractivity contribution in [2.45, 2.75) is 13.0 Å². The molecule has 10 nitrogen and oxygen atoms in total. The molecule has 0 heterocycles. The Labute approximate surface area is 174 Å². The molecule has 0 spiro atoms. The van der Waals surface area contributed by atoms with Crippen LogP contribution in [0.2, 0.25) is 0 Å². The number of carbonyl (C=O) groups excluding carboxylic acids is 2. The highest BCUT2D eigenvalue weighted by atomic mass is 19.3. The summed E-state index contributed by atoms with van der Waals surface area (Å²) < 4.78 is 38.7. The Kier molecular flexibility index (Phi) is 7.79. The van der Waals surface area contributed by atoms with Crippen molar-refractivity contribution in [1.82, 2.24) is 0 Å². The molecule has 2 rings (SSSR count). The molecule has 1 amide bonds. The van der Waals surface area contributed by atoms with E-state index in [-0.39, 0.29) is 12.2 Å². The van der Waals surface area contributed by atoms with Crippen molar-refractivity contribution in [3.05, 3.63) is 57.6 Å². The number of alkyl halides is 2. The topological polar surface area (TPSA) is 141 Å². The van der Waals surface area contributed by atoms with Gasteiger partial charge in [-0.1, -0.05) is 12.1 Å². The molecule has 2 aromatic carbocycles. The summed E-state index contributed by atoms with van der Waals surface area (Å²) >= 11 is 0. The number of amides is 1. The zero-order chi connectivity index (χ0) is 23.0. The van der Waals surface area contributed by atoms with E-state index in [1.165, 1.54) is 0 Å². The van der Waals surface area contributed by atoms with Crippen LogP contribution in [0.25, 0.3) is 0 Å². The van der Waals surface area contributed by atoms with Gasteiger partial charge >= 0.3 is 12.6 Å². The highest BCUT2D eigenvalue weighted by molar-refractivity contribution is 5.98. The smallest absolute Gasteiger partial charge is 0.387 e. The SMILES string of the molecule is COc1cc(C(=O)OCC(=O)Nc2ccc(CC#N)cc2)c([N+](=O)[O-])cc1OC(F)F. The molecule has 0 fully saturated rings. The second-order valence-electron chi connectivity index (χ2n) is 5.81. The van der Waals surface area contributed by atoms with Gasteiger partial charge in [0.2, 0.25) is 0 Å². The minimum atomic E-state index is -3.27. The monoisotopic (exact) mass is 435 g/mol. The average Bonchev–Trinajstić information content (AvgIpc) is 2.72. The van der Waals surface area contributed by atoms with Crippen molar-refractivity contribution in [2.24, 2.45) is 0 Å². The van der Waals surface area contributed by atoms with E-state index in [1.54, 1.807) is 24.3 Å². The minimum Gasteiger partial charge on any atom is -0.493 e. The molecule has 162 valence electrons. The van der Waals surface area contributed by atoms with Crippen molar-refractivity contribution in [3.8, 4) is 17.6 Å². The maximum atomic E-state index is 12.5. The quantitative estimate of drug-likeness (QED) is 0.360. The second-order valence-corrected chi connectivity index (χ2v) is 5.81. The first kappa shape index (κ1) is 23.0. The van der Waals surface area contributed by atoms with E-state index < -0.39 is 47.0 Å². The normalized spacial score (nSPS) is 10.2. The Morgan fingerprint density at radius 2 is 1.90 bits per heavy atom. The first-order chi connectivity index (χ1) is 14.7. The Morgan fingerprint density at radius 3 is 2.45 bits per heavy atom. The van der Waals surface area contributed by atoms with Crippen LogP contribution in [-0.2, 0) is 16.0 Å². The first-order valence-electron chi connectivity index (χ1n) is 8.49. The van der Waals surface area contributed by atoms with Crippen LogP contribution in [0.4, 0.5) is 20.2 Å². The number of nitro groups is 1. The van der Waals surface area contributed by atoms with Crippen LogP contribution >= 0.6 is 0 Å². The van der Waals surface area contributed by atoms with Crippen LogP contribution in [0.15, 0.2) is 36.4 Å². The third-order valence-electron chi connectivity index (χ3n) is 3.77. The molecule has 0 aromatic heterocycles. The summed E-state index contributed by atoms with van der Waals surface area (Å²) in [7, 11) is 1.09. The number of nitro benzene ring substituents is 1. The molecule has 31 heavy (non-hydrogen) atoms. The highest BCUT2D eigenvalue weighted by Gasteiger charge is 2.27. The molecule has 0 aliphatic heterocycles. The summed E-state index contributed by atoms with van der Waals surface area (Å²) in [4.78, 5) is 34.5. The highest BCUT2D eigenvalue weighted by Crippen LogP contribution is 2.36. The van der Waals surface area contributed by atoms with Crippen LogP contribution in [0.1, 0.15) is 15.9 Å². The number of ether oxygens (including phenoxy) is 3. The standard InChI is InChI=1S/C19H15F2N3O7/c1-29-15-8-13(14(24(27)28)9-16(15)31-19(20)21)18(26)30-10-17(25)23-12-4-2-11(3-5-12)6-7-22/h2-5,8-9,19H,6,10H2,1H3,(H,23,25). The fraction of sp³-hybridized carbons (Fsp3) is 0.211. The number of nitriles is 1. The number of rotatable bonds is 9. The summed E-state index contributed by atoms with van der Waals surface area (Å²) in [6.45, 7) is -4.04. The van der Waals surface area contributed by atoms with Gasteiger partial charge in [-0.05, 0) is 17.7 Å². The molecule has 0 radical (unpaired) electrons. The number of esters is 1. The van der Waals surface area contributed by atoms with Crippen LogP contribution in [0.3, 0.4) is 0 Å². The number of nitrogens with zero attached hydrogens (tertiary/aromatic N) is 2. The zero-order valence-corrected chi connectivity index (χ0v) is 16.0. The number of hydrogen-bond donors (Lipinski definition) is 1. The Balaban J connectivity index is 2.10. The molecular weight excluding hydrogens is 420 g/mol.